The van der Waals surface area contributed by atoms with E-state index in [9.17, 15) is 13.2 Å². The zero-order valence-electron chi connectivity index (χ0n) is 20.5. The Morgan fingerprint density at radius 1 is 0.914 bits per heavy atom. The van der Waals surface area contributed by atoms with Gasteiger partial charge < -0.3 is 9.88 Å². The Morgan fingerprint density at radius 2 is 1.66 bits per heavy atom. The normalized spacial score (nSPS) is 11.7. The van der Waals surface area contributed by atoms with E-state index < -0.39 is 10.0 Å². The summed E-state index contributed by atoms with van der Waals surface area (Å²) in [6.07, 6.45) is 0. The summed E-state index contributed by atoms with van der Waals surface area (Å²) < 4.78 is 30.4. The van der Waals surface area contributed by atoms with E-state index in [0.717, 1.165) is 27.6 Å². The van der Waals surface area contributed by atoms with Crippen LogP contribution >= 0.6 is 0 Å². The van der Waals surface area contributed by atoms with E-state index in [2.05, 4.69) is 30.0 Å². The minimum atomic E-state index is -3.73. The third-order valence-corrected chi connectivity index (χ3v) is 7.21. The van der Waals surface area contributed by atoms with E-state index in [1.165, 1.54) is 0 Å². The average molecular weight is 490 g/mol. The number of hydrogen-bond donors (Lipinski definition) is 2. The Hall–Kier alpha value is -3.58. The second-order valence-electron chi connectivity index (χ2n) is 9.40. The highest BCUT2D eigenvalue weighted by atomic mass is 32.2. The van der Waals surface area contributed by atoms with Crippen LogP contribution < -0.4 is 10.0 Å². The van der Waals surface area contributed by atoms with E-state index >= 15 is 0 Å². The monoisotopic (exact) mass is 489 g/mol. The molecular formula is C28H31N3O3S. The number of benzene rings is 3. The first-order valence-corrected chi connectivity index (χ1v) is 13.2. The van der Waals surface area contributed by atoms with Gasteiger partial charge in [-0.2, -0.15) is 0 Å². The zero-order valence-corrected chi connectivity index (χ0v) is 21.3. The summed E-state index contributed by atoms with van der Waals surface area (Å²) in [5.41, 5.74) is 5.07. The highest BCUT2D eigenvalue weighted by Crippen LogP contribution is 2.27. The quantitative estimate of drug-likeness (QED) is 0.343. The maximum Gasteiger partial charge on any atom is 0.267 e. The molecule has 0 aliphatic heterocycles. The van der Waals surface area contributed by atoms with Crippen LogP contribution in [0.1, 0.15) is 41.0 Å². The summed E-state index contributed by atoms with van der Waals surface area (Å²) in [4.78, 5) is 13.3. The first-order chi connectivity index (χ1) is 16.6. The lowest BCUT2D eigenvalue weighted by Gasteiger charge is -2.13. The van der Waals surface area contributed by atoms with E-state index in [4.69, 9.17) is 0 Å². The molecule has 4 aromatic rings. The first-order valence-electron chi connectivity index (χ1n) is 11.7. The molecule has 182 valence electrons. The Bertz CT molecular complexity index is 1470. The van der Waals surface area contributed by atoms with Crippen molar-refractivity contribution in [1.29, 1.82) is 0 Å². The van der Waals surface area contributed by atoms with E-state index in [-0.39, 0.29) is 10.8 Å². The van der Waals surface area contributed by atoms with Crippen molar-refractivity contribution in [2.45, 2.75) is 39.1 Å². The van der Waals surface area contributed by atoms with Crippen LogP contribution in [0, 0.1) is 19.8 Å². The van der Waals surface area contributed by atoms with Crippen LogP contribution in [0.3, 0.4) is 0 Å². The molecule has 0 saturated carbocycles. The number of anilines is 1. The standard InChI is InChI=1S/C28H31N3O3S/c1-19(2)17-29-28(32)27-16-23-15-24(30-35(33,34)25-11-8-20(3)9-12-25)10-13-26(23)31(27)18-22-7-5-6-21(4)14-22/h5-16,19,30H,17-18H2,1-4H3,(H,29,32). The summed E-state index contributed by atoms with van der Waals surface area (Å²) in [5, 5.41) is 3.79. The van der Waals surface area contributed by atoms with Crippen molar-refractivity contribution in [3.8, 4) is 0 Å². The fourth-order valence-corrected chi connectivity index (χ4v) is 5.05. The van der Waals surface area contributed by atoms with Gasteiger partial charge in [0.25, 0.3) is 15.9 Å². The fourth-order valence-electron chi connectivity index (χ4n) is 4.00. The largest absolute Gasteiger partial charge is 0.351 e. The molecule has 0 saturated heterocycles. The van der Waals surface area contributed by atoms with Gasteiger partial charge in [0, 0.05) is 29.7 Å². The summed E-state index contributed by atoms with van der Waals surface area (Å²) >= 11 is 0. The molecule has 0 radical (unpaired) electrons. The second kappa shape index (κ2) is 9.96. The van der Waals surface area contributed by atoms with Crippen molar-refractivity contribution in [3.63, 3.8) is 0 Å². The molecule has 2 N–H and O–H groups in total. The lowest BCUT2D eigenvalue weighted by Crippen LogP contribution is -2.29. The summed E-state index contributed by atoms with van der Waals surface area (Å²) in [6.45, 7) is 9.16. The van der Waals surface area contributed by atoms with E-state index in [0.29, 0.717) is 30.4 Å². The Labute approximate surface area is 207 Å². The molecule has 0 spiro atoms. The van der Waals surface area contributed by atoms with Crippen LogP contribution in [0.2, 0.25) is 0 Å². The number of hydrogen-bond acceptors (Lipinski definition) is 3. The third kappa shape index (κ3) is 5.74. The number of rotatable bonds is 8. The number of carbonyl (C=O) groups is 1. The van der Waals surface area contributed by atoms with Gasteiger partial charge in [0.2, 0.25) is 0 Å². The van der Waals surface area contributed by atoms with Gasteiger partial charge in [-0.1, -0.05) is 61.4 Å². The molecule has 0 unspecified atom stereocenters. The van der Waals surface area contributed by atoms with Crippen LogP contribution in [0.4, 0.5) is 5.69 Å². The van der Waals surface area contributed by atoms with Gasteiger partial charge in [-0.05, 0) is 61.7 Å². The molecule has 0 aliphatic rings. The summed E-state index contributed by atoms with van der Waals surface area (Å²) in [6, 6.07) is 22.1. The summed E-state index contributed by atoms with van der Waals surface area (Å²) in [5.74, 6) is 0.181. The highest BCUT2D eigenvalue weighted by Gasteiger charge is 2.18. The fraction of sp³-hybridized carbons (Fsp3) is 0.250. The predicted octanol–water partition coefficient (Wildman–Crippen LogP) is 5.49. The molecule has 0 aliphatic carbocycles. The van der Waals surface area contributed by atoms with Gasteiger partial charge in [0.15, 0.2) is 0 Å². The second-order valence-corrected chi connectivity index (χ2v) is 11.1. The Kier molecular flexibility index (Phi) is 6.98. The molecule has 0 atom stereocenters. The molecule has 1 heterocycles. The predicted molar refractivity (Wildman–Crippen MR) is 141 cm³/mol. The Balaban J connectivity index is 1.71. The number of amides is 1. The molecule has 0 fully saturated rings. The molecule has 4 rings (SSSR count). The first kappa shape index (κ1) is 24.5. The van der Waals surface area contributed by atoms with Crippen molar-refractivity contribution in [2.24, 2.45) is 5.92 Å². The van der Waals surface area contributed by atoms with Crippen LogP contribution in [-0.4, -0.2) is 25.4 Å². The van der Waals surface area contributed by atoms with Crippen LogP contribution in [0.15, 0.2) is 77.7 Å². The lowest BCUT2D eigenvalue weighted by molar-refractivity contribution is 0.0940. The van der Waals surface area contributed by atoms with Gasteiger partial charge >= 0.3 is 0 Å². The molecule has 1 aromatic heterocycles. The number of carbonyl (C=O) groups excluding carboxylic acids is 1. The van der Waals surface area contributed by atoms with Gasteiger partial charge in [-0.15, -0.1) is 0 Å². The van der Waals surface area contributed by atoms with E-state index in [1.54, 1.807) is 36.4 Å². The minimum absolute atomic E-state index is 0.149. The summed E-state index contributed by atoms with van der Waals surface area (Å²) in [7, 11) is -3.73. The van der Waals surface area contributed by atoms with Gasteiger partial charge in [0.05, 0.1) is 4.90 Å². The lowest BCUT2D eigenvalue weighted by atomic mass is 10.1. The molecule has 6 nitrogen and oxygen atoms in total. The molecule has 0 bridgehead atoms. The number of sulfonamides is 1. The number of nitrogens with zero attached hydrogens (tertiary/aromatic N) is 1. The van der Waals surface area contributed by atoms with Crippen LogP contribution in [0.5, 0.6) is 0 Å². The van der Waals surface area contributed by atoms with Gasteiger partial charge in [0.1, 0.15) is 5.69 Å². The number of aryl methyl sites for hydroxylation is 2. The maximum absolute atomic E-state index is 13.1. The van der Waals surface area contributed by atoms with Crippen molar-refractivity contribution >= 4 is 32.5 Å². The smallest absolute Gasteiger partial charge is 0.267 e. The number of nitrogens with one attached hydrogen (secondary N) is 2. The highest BCUT2D eigenvalue weighted by molar-refractivity contribution is 7.92. The zero-order chi connectivity index (χ0) is 25.2. The van der Waals surface area contributed by atoms with E-state index in [1.807, 2.05) is 48.7 Å². The molecule has 7 heteroatoms. The molecular weight excluding hydrogens is 458 g/mol. The molecule has 3 aromatic carbocycles. The van der Waals surface area contributed by atoms with Crippen LogP contribution in [-0.2, 0) is 16.6 Å². The van der Waals surface area contributed by atoms with Crippen molar-refractivity contribution in [1.82, 2.24) is 9.88 Å². The van der Waals surface area contributed by atoms with Crippen molar-refractivity contribution in [3.05, 3.63) is 95.2 Å². The Morgan fingerprint density at radius 3 is 2.34 bits per heavy atom. The SMILES string of the molecule is Cc1ccc(S(=O)(=O)Nc2ccc3c(c2)cc(C(=O)NCC(C)C)n3Cc2cccc(C)c2)cc1. The van der Waals surface area contributed by atoms with Crippen molar-refractivity contribution in [2.75, 3.05) is 11.3 Å². The minimum Gasteiger partial charge on any atom is -0.351 e. The van der Waals surface area contributed by atoms with Crippen molar-refractivity contribution < 1.29 is 13.2 Å². The van der Waals surface area contributed by atoms with Crippen LogP contribution in [0.25, 0.3) is 10.9 Å². The third-order valence-electron chi connectivity index (χ3n) is 5.81. The van der Waals surface area contributed by atoms with Gasteiger partial charge in [-0.25, -0.2) is 8.42 Å². The molecule has 35 heavy (non-hydrogen) atoms. The molecule has 1 amide bonds. The average Bonchev–Trinajstić information content (AvgIpc) is 3.15. The maximum atomic E-state index is 13.1. The number of aromatic nitrogens is 1. The number of fused-ring (bicyclic) bond motifs is 1. The van der Waals surface area contributed by atoms with Gasteiger partial charge in [-0.3, -0.25) is 9.52 Å². The topological polar surface area (TPSA) is 80.2 Å².